The van der Waals surface area contributed by atoms with Gasteiger partial charge in [-0.15, -0.1) is 0 Å². The largest absolute Gasteiger partial charge is 1.00 e. The van der Waals surface area contributed by atoms with E-state index in [-0.39, 0.29) is 64.6 Å². The standard InChI is InChI=1S/CH4O.2Na.H2O4S.H2O/c1-2;;;1-5(2,3)4;/h2H,1H3;;;(H2,1,2,3,4);1H2/q;2*+1;;/p-2. The fourth-order valence-corrected chi connectivity index (χ4v) is 0. The van der Waals surface area contributed by atoms with Crippen molar-refractivity contribution in [3.63, 3.8) is 0 Å². The summed E-state index contributed by atoms with van der Waals surface area (Å²) >= 11 is 0. The predicted octanol–water partition coefficient (Wildman–Crippen LogP) is -8.55. The Morgan fingerprint density at radius 1 is 1.10 bits per heavy atom. The van der Waals surface area contributed by atoms with Crippen molar-refractivity contribution in [3.05, 3.63) is 0 Å². The molecule has 0 saturated heterocycles. The molecule has 0 bridgehead atoms. The number of rotatable bonds is 0. The van der Waals surface area contributed by atoms with Gasteiger partial charge in [0.1, 0.15) is 0 Å². The third-order valence-corrected chi connectivity index (χ3v) is 0. The maximum Gasteiger partial charge on any atom is 1.00 e. The van der Waals surface area contributed by atoms with Gasteiger partial charge >= 0.3 is 59.1 Å². The SMILES string of the molecule is CO.O.O=S(=O)([O-])[O-].[Na+].[Na+]. The Hall–Kier alpha value is 1.79. The summed E-state index contributed by atoms with van der Waals surface area (Å²) in [6, 6.07) is 0. The fraction of sp³-hybridized carbons (Fsp3) is 1.00. The van der Waals surface area contributed by atoms with Crippen molar-refractivity contribution in [2.75, 3.05) is 7.11 Å². The van der Waals surface area contributed by atoms with Crippen molar-refractivity contribution >= 4 is 10.4 Å². The predicted molar refractivity (Wildman–Crippen MR) is 22.2 cm³/mol. The van der Waals surface area contributed by atoms with Crippen LogP contribution in [0.15, 0.2) is 0 Å². The number of hydrogen-bond acceptors (Lipinski definition) is 5. The summed E-state index contributed by atoms with van der Waals surface area (Å²) in [6.45, 7) is 0. The Morgan fingerprint density at radius 2 is 1.10 bits per heavy atom. The van der Waals surface area contributed by atoms with Crippen molar-refractivity contribution < 1.29 is 87.2 Å². The third kappa shape index (κ3) is 236. The van der Waals surface area contributed by atoms with Gasteiger partial charge in [0, 0.05) is 17.5 Å². The van der Waals surface area contributed by atoms with Crippen LogP contribution < -0.4 is 59.1 Å². The van der Waals surface area contributed by atoms with Gasteiger partial charge < -0.3 is 19.7 Å². The zero-order valence-electron chi connectivity index (χ0n) is 5.99. The molecule has 0 aliphatic heterocycles. The van der Waals surface area contributed by atoms with Crippen LogP contribution in [0.5, 0.6) is 0 Å². The maximum absolute atomic E-state index is 8.52. The van der Waals surface area contributed by atoms with E-state index >= 15 is 0 Å². The maximum atomic E-state index is 8.52. The molecule has 0 aromatic rings. The molecular weight excluding hydrogens is 186 g/mol. The van der Waals surface area contributed by atoms with Gasteiger partial charge in [-0.1, -0.05) is 0 Å². The Balaban J connectivity index is -0.0000000154. The van der Waals surface area contributed by atoms with Gasteiger partial charge in [-0.05, 0) is 0 Å². The van der Waals surface area contributed by atoms with Gasteiger partial charge in [-0.25, -0.2) is 0 Å². The van der Waals surface area contributed by atoms with Gasteiger partial charge in [0.25, 0.3) is 0 Å². The van der Waals surface area contributed by atoms with E-state index in [0.29, 0.717) is 0 Å². The summed E-state index contributed by atoms with van der Waals surface area (Å²) in [5.74, 6) is 0. The second-order valence-electron chi connectivity index (χ2n) is 0.408. The van der Waals surface area contributed by atoms with Crippen molar-refractivity contribution in [3.8, 4) is 0 Å². The summed E-state index contributed by atoms with van der Waals surface area (Å²) < 4.78 is 34.1. The minimum Gasteiger partial charge on any atom is -0.759 e. The van der Waals surface area contributed by atoms with Crippen LogP contribution >= 0.6 is 0 Å². The first-order valence-corrected chi connectivity index (χ1v) is 2.45. The first kappa shape index (κ1) is 29.8. The molecule has 0 heterocycles. The molecule has 9 heteroatoms. The van der Waals surface area contributed by atoms with E-state index in [2.05, 4.69) is 0 Å². The summed E-state index contributed by atoms with van der Waals surface area (Å²) in [5.41, 5.74) is 0. The van der Waals surface area contributed by atoms with Crippen LogP contribution in [0.3, 0.4) is 0 Å². The third-order valence-electron chi connectivity index (χ3n) is 0. The molecule has 0 aliphatic carbocycles. The molecule has 0 aromatic carbocycles. The van der Waals surface area contributed by atoms with Gasteiger partial charge in [0.15, 0.2) is 0 Å². The molecule has 0 aliphatic rings. The summed E-state index contributed by atoms with van der Waals surface area (Å²) in [6.07, 6.45) is 0. The van der Waals surface area contributed by atoms with E-state index < -0.39 is 10.4 Å². The van der Waals surface area contributed by atoms with Crippen LogP contribution in [0.1, 0.15) is 0 Å². The minimum absolute atomic E-state index is 0. The first-order chi connectivity index (χ1) is 3.00. The second kappa shape index (κ2) is 17.0. The first-order valence-electron chi connectivity index (χ1n) is 1.11. The molecule has 0 amide bonds. The zero-order valence-corrected chi connectivity index (χ0v) is 10.8. The quantitative estimate of drug-likeness (QED) is 0.231. The van der Waals surface area contributed by atoms with Crippen LogP contribution in [-0.4, -0.2) is 35.2 Å². The number of aliphatic hydroxyl groups is 1. The molecule has 0 fully saturated rings. The topological polar surface area (TPSA) is 132 Å². The summed E-state index contributed by atoms with van der Waals surface area (Å²) in [4.78, 5) is 0. The van der Waals surface area contributed by atoms with Crippen molar-refractivity contribution in [2.45, 2.75) is 0 Å². The molecule has 54 valence electrons. The van der Waals surface area contributed by atoms with Crippen molar-refractivity contribution in [1.29, 1.82) is 0 Å². The van der Waals surface area contributed by atoms with Gasteiger partial charge in [0.05, 0.1) is 0 Å². The van der Waals surface area contributed by atoms with Crippen LogP contribution in [-0.2, 0) is 10.4 Å². The molecule has 0 radical (unpaired) electrons. The Bertz CT molecular complexity index is 98.9. The van der Waals surface area contributed by atoms with Gasteiger partial charge in [-0.2, -0.15) is 0 Å². The Labute approximate surface area is 103 Å². The molecule has 10 heavy (non-hydrogen) atoms. The van der Waals surface area contributed by atoms with E-state index in [1.165, 1.54) is 0 Å². The van der Waals surface area contributed by atoms with Crippen LogP contribution in [0.4, 0.5) is 0 Å². The monoisotopic (exact) mass is 192 g/mol. The molecule has 0 spiro atoms. The van der Waals surface area contributed by atoms with Crippen LogP contribution in [0.2, 0.25) is 0 Å². The normalized spacial score (nSPS) is 6.40. The molecule has 0 rings (SSSR count). The van der Waals surface area contributed by atoms with E-state index in [9.17, 15) is 0 Å². The average Bonchev–Trinajstić information content (AvgIpc) is 1.36. The molecule has 0 aromatic heterocycles. The average molecular weight is 192 g/mol. The van der Waals surface area contributed by atoms with Crippen LogP contribution in [0.25, 0.3) is 0 Å². The van der Waals surface area contributed by atoms with Gasteiger partial charge in [0.2, 0.25) is 0 Å². The number of hydrogen-bond donors (Lipinski definition) is 1. The van der Waals surface area contributed by atoms with E-state index in [0.717, 1.165) is 7.11 Å². The second-order valence-corrected chi connectivity index (χ2v) is 1.22. The molecule has 0 saturated carbocycles. The zero-order chi connectivity index (χ0) is 6.50. The van der Waals surface area contributed by atoms with Gasteiger partial charge in [-0.3, -0.25) is 8.42 Å². The fourth-order valence-electron chi connectivity index (χ4n) is 0. The minimum atomic E-state index is -5.17. The Kier molecular flexibility index (Phi) is 50.7. The summed E-state index contributed by atoms with van der Waals surface area (Å²) in [7, 11) is -4.17. The summed E-state index contributed by atoms with van der Waals surface area (Å²) in [5, 5.41) is 7.00. The molecule has 0 atom stereocenters. The van der Waals surface area contributed by atoms with E-state index in [1.807, 2.05) is 0 Å². The number of aliphatic hydroxyl groups excluding tert-OH is 1. The molecule has 0 unspecified atom stereocenters. The smallest absolute Gasteiger partial charge is 0.759 e. The van der Waals surface area contributed by atoms with Crippen LogP contribution in [0, 0.1) is 0 Å². The molecular formula is CH6Na2O6S. The molecule has 3 N–H and O–H groups in total. The molecule has 6 nitrogen and oxygen atoms in total. The van der Waals surface area contributed by atoms with Crippen molar-refractivity contribution in [1.82, 2.24) is 0 Å². The van der Waals surface area contributed by atoms with Crippen molar-refractivity contribution in [2.24, 2.45) is 0 Å². The van der Waals surface area contributed by atoms with E-state index in [1.54, 1.807) is 0 Å². The van der Waals surface area contributed by atoms with E-state index in [4.69, 9.17) is 22.6 Å². The Morgan fingerprint density at radius 3 is 1.10 bits per heavy atom.